The van der Waals surface area contributed by atoms with Crippen LogP contribution < -0.4 is 0 Å². The first kappa shape index (κ1) is 12.7. The Morgan fingerprint density at radius 3 is 3.00 bits per heavy atom. The van der Waals surface area contributed by atoms with Crippen molar-refractivity contribution < 1.29 is 0 Å². The summed E-state index contributed by atoms with van der Waals surface area (Å²) in [5, 5.41) is 4.37. The molecule has 0 radical (unpaired) electrons. The number of benzene rings is 1. The molecule has 1 heterocycles. The number of rotatable bonds is 2. The average molecular weight is 275 g/mol. The topological polar surface area (TPSA) is 17.8 Å². The van der Waals surface area contributed by atoms with E-state index in [9.17, 15) is 0 Å². The zero-order valence-corrected chi connectivity index (χ0v) is 12.0. The molecule has 1 aliphatic carbocycles. The fourth-order valence-corrected chi connectivity index (χ4v) is 3.50. The van der Waals surface area contributed by atoms with Gasteiger partial charge in [-0.1, -0.05) is 24.3 Å². The van der Waals surface area contributed by atoms with Crippen molar-refractivity contribution in [3.63, 3.8) is 0 Å². The van der Waals surface area contributed by atoms with Crippen LogP contribution in [0.25, 0.3) is 0 Å². The number of hydrogen-bond acceptors (Lipinski definition) is 1. The van der Waals surface area contributed by atoms with Crippen LogP contribution in [-0.2, 0) is 19.9 Å². The molecule has 1 aliphatic rings. The highest BCUT2D eigenvalue weighted by molar-refractivity contribution is 6.21. The van der Waals surface area contributed by atoms with Gasteiger partial charge in [-0.05, 0) is 48.3 Å². The largest absolute Gasteiger partial charge is 0.276 e. The Morgan fingerprint density at radius 1 is 1.37 bits per heavy atom. The Hall–Kier alpha value is -1.28. The maximum absolute atomic E-state index is 6.75. The average Bonchev–Trinajstić information content (AvgIpc) is 2.75. The Bertz CT molecular complexity index is 561. The van der Waals surface area contributed by atoms with Crippen LogP contribution in [-0.4, -0.2) is 9.78 Å². The normalized spacial score (nSPS) is 22.8. The molecule has 2 unspecified atom stereocenters. The van der Waals surface area contributed by atoms with Crippen molar-refractivity contribution in [2.75, 3.05) is 0 Å². The zero-order chi connectivity index (χ0) is 13.2. The van der Waals surface area contributed by atoms with E-state index in [0.717, 1.165) is 12.8 Å². The van der Waals surface area contributed by atoms with Crippen LogP contribution in [0.3, 0.4) is 0 Å². The lowest BCUT2D eigenvalue weighted by molar-refractivity contribution is 0.465. The molecule has 1 aromatic carbocycles. The van der Waals surface area contributed by atoms with Crippen molar-refractivity contribution in [1.29, 1.82) is 0 Å². The van der Waals surface area contributed by atoms with Gasteiger partial charge in [0.1, 0.15) is 0 Å². The van der Waals surface area contributed by atoms with E-state index in [-0.39, 0.29) is 5.38 Å². The highest BCUT2D eigenvalue weighted by atomic mass is 35.5. The summed E-state index contributed by atoms with van der Waals surface area (Å²) < 4.78 is 1.86. The lowest BCUT2D eigenvalue weighted by Crippen LogP contribution is -2.10. The molecule has 0 bridgehead atoms. The smallest absolute Gasteiger partial charge is 0.0619 e. The number of fused-ring (bicyclic) bond motifs is 1. The van der Waals surface area contributed by atoms with Crippen LogP contribution in [0.2, 0.25) is 0 Å². The number of aromatic nitrogens is 2. The summed E-state index contributed by atoms with van der Waals surface area (Å²) in [5.74, 6) is 0.509. The zero-order valence-electron chi connectivity index (χ0n) is 11.2. The SMILES string of the molecule is Cn1cc(CC2CCCc3ccccc3C2Cl)cn1. The molecule has 2 aromatic rings. The van der Waals surface area contributed by atoms with Gasteiger partial charge in [0, 0.05) is 13.2 Å². The molecule has 3 rings (SSSR count). The first-order valence-corrected chi connectivity index (χ1v) is 7.37. The van der Waals surface area contributed by atoms with E-state index in [0.29, 0.717) is 5.92 Å². The van der Waals surface area contributed by atoms with E-state index < -0.39 is 0 Å². The Morgan fingerprint density at radius 2 is 2.21 bits per heavy atom. The first-order valence-electron chi connectivity index (χ1n) is 6.93. The molecule has 19 heavy (non-hydrogen) atoms. The van der Waals surface area contributed by atoms with Crippen LogP contribution in [0.5, 0.6) is 0 Å². The quantitative estimate of drug-likeness (QED) is 0.600. The third kappa shape index (κ3) is 2.69. The molecule has 0 fully saturated rings. The van der Waals surface area contributed by atoms with Gasteiger partial charge in [-0.2, -0.15) is 5.10 Å². The molecule has 2 nitrogen and oxygen atoms in total. The molecule has 0 saturated carbocycles. The van der Waals surface area contributed by atoms with Gasteiger partial charge in [-0.25, -0.2) is 0 Å². The Kier molecular flexibility index (Phi) is 3.61. The van der Waals surface area contributed by atoms with Gasteiger partial charge in [0.15, 0.2) is 0 Å². The van der Waals surface area contributed by atoms with Crippen molar-refractivity contribution in [2.24, 2.45) is 13.0 Å². The molecule has 0 N–H and O–H groups in total. The Balaban J connectivity index is 1.83. The molecule has 0 spiro atoms. The predicted octanol–water partition coefficient (Wildman–Crippen LogP) is 3.90. The summed E-state index contributed by atoms with van der Waals surface area (Å²) in [6, 6.07) is 8.62. The van der Waals surface area contributed by atoms with Crippen LogP contribution in [0, 0.1) is 5.92 Å². The van der Waals surface area contributed by atoms with E-state index in [1.165, 1.54) is 29.5 Å². The molecular weight excluding hydrogens is 256 g/mol. The number of alkyl halides is 1. The summed E-state index contributed by atoms with van der Waals surface area (Å²) in [6.07, 6.45) is 8.66. The van der Waals surface area contributed by atoms with Gasteiger partial charge in [0.05, 0.1) is 11.6 Å². The van der Waals surface area contributed by atoms with E-state index in [1.54, 1.807) is 0 Å². The molecule has 0 saturated heterocycles. The van der Waals surface area contributed by atoms with Crippen LogP contribution in [0.1, 0.15) is 34.9 Å². The molecule has 3 heteroatoms. The maximum atomic E-state index is 6.75. The van der Waals surface area contributed by atoms with Crippen LogP contribution >= 0.6 is 11.6 Å². The molecule has 100 valence electrons. The van der Waals surface area contributed by atoms with Gasteiger partial charge in [-0.15, -0.1) is 11.6 Å². The van der Waals surface area contributed by atoms with E-state index >= 15 is 0 Å². The van der Waals surface area contributed by atoms with Gasteiger partial charge >= 0.3 is 0 Å². The van der Waals surface area contributed by atoms with E-state index in [1.807, 2.05) is 17.9 Å². The van der Waals surface area contributed by atoms with Gasteiger partial charge in [0.2, 0.25) is 0 Å². The second-order valence-corrected chi connectivity index (χ2v) is 5.95. The minimum atomic E-state index is 0.124. The predicted molar refractivity (Wildman–Crippen MR) is 78.4 cm³/mol. The Labute approximate surface area is 119 Å². The summed E-state index contributed by atoms with van der Waals surface area (Å²) in [4.78, 5) is 0. The highest BCUT2D eigenvalue weighted by Gasteiger charge is 2.26. The molecule has 0 aliphatic heterocycles. The second kappa shape index (κ2) is 5.38. The standard InChI is InChI=1S/C16H19ClN2/c1-19-11-12(10-18-19)9-14-7-4-6-13-5-2-3-8-15(13)16(14)17/h2-3,5,8,10-11,14,16H,4,6-7,9H2,1H3. The van der Waals surface area contributed by atoms with Crippen molar-refractivity contribution in [3.8, 4) is 0 Å². The van der Waals surface area contributed by atoms with Crippen molar-refractivity contribution in [1.82, 2.24) is 9.78 Å². The first-order chi connectivity index (χ1) is 9.24. The molecule has 0 amide bonds. The van der Waals surface area contributed by atoms with Crippen LogP contribution in [0.4, 0.5) is 0 Å². The summed E-state index contributed by atoms with van der Waals surface area (Å²) in [6.45, 7) is 0. The second-order valence-electron chi connectivity index (χ2n) is 5.48. The fourth-order valence-electron chi connectivity index (χ4n) is 3.07. The lowest BCUT2D eigenvalue weighted by atomic mass is 9.91. The van der Waals surface area contributed by atoms with Crippen molar-refractivity contribution in [2.45, 2.75) is 31.1 Å². The van der Waals surface area contributed by atoms with Gasteiger partial charge in [0.25, 0.3) is 0 Å². The number of halogens is 1. The van der Waals surface area contributed by atoms with Gasteiger partial charge < -0.3 is 0 Å². The van der Waals surface area contributed by atoms with E-state index in [4.69, 9.17) is 11.6 Å². The van der Waals surface area contributed by atoms with Crippen molar-refractivity contribution >= 4 is 11.6 Å². The fraction of sp³-hybridized carbons (Fsp3) is 0.438. The number of aryl methyl sites for hydroxylation is 2. The summed E-state index contributed by atoms with van der Waals surface area (Å²) in [7, 11) is 1.96. The monoisotopic (exact) mass is 274 g/mol. The summed E-state index contributed by atoms with van der Waals surface area (Å²) in [5.41, 5.74) is 4.05. The molecular formula is C16H19ClN2. The third-order valence-corrected chi connectivity index (χ3v) is 4.63. The molecule has 2 atom stereocenters. The highest BCUT2D eigenvalue weighted by Crippen LogP contribution is 2.39. The van der Waals surface area contributed by atoms with Gasteiger partial charge in [-0.3, -0.25) is 4.68 Å². The maximum Gasteiger partial charge on any atom is 0.0619 e. The minimum Gasteiger partial charge on any atom is -0.276 e. The third-order valence-electron chi connectivity index (χ3n) is 4.04. The van der Waals surface area contributed by atoms with E-state index in [2.05, 4.69) is 35.6 Å². The molecule has 1 aromatic heterocycles. The van der Waals surface area contributed by atoms with Crippen LogP contribution in [0.15, 0.2) is 36.7 Å². The lowest BCUT2D eigenvalue weighted by Gasteiger charge is -2.20. The minimum absolute atomic E-state index is 0.124. The van der Waals surface area contributed by atoms with Crippen molar-refractivity contribution in [3.05, 3.63) is 53.3 Å². The summed E-state index contributed by atoms with van der Waals surface area (Å²) >= 11 is 6.75. The number of hydrogen-bond donors (Lipinski definition) is 0. The number of nitrogens with zero attached hydrogens (tertiary/aromatic N) is 2.